The van der Waals surface area contributed by atoms with Gasteiger partial charge in [0.2, 0.25) is 0 Å². The maximum atomic E-state index is 6.02. The van der Waals surface area contributed by atoms with E-state index in [1.807, 2.05) is 32.0 Å². The van der Waals surface area contributed by atoms with Crippen molar-refractivity contribution in [1.82, 2.24) is 0 Å². The number of anilines is 1. The largest absolute Gasteiger partial charge is 0.494 e. The Morgan fingerprint density at radius 2 is 1.89 bits per heavy atom. The van der Waals surface area contributed by atoms with E-state index in [-0.39, 0.29) is 24.0 Å². The van der Waals surface area contributed by atoms with Crippen molar-refractivity contribution in [3.8, 4) is 11.5 Å². The number of aliphatic imine (C=N–C) groups is 1. The third-order valence-electron chi connectivity index (χ3n) is 4.31. The molecule has 1 fully saturated rings. The summed E-state index contributed by atoms with van der Waals surface area (Å²) in [7, 11) is 0. The number of nitrogens with one attached hydrogen (secondary N) is 1. The van der Waals surface area contributed by atoms with Gasteiger partial charge in [-0.05, 0) is 45.2 Å². The fourth-order valence-corrected chi connectivity index (χ4v) is 3.07. The first-order valence-electron chi connectivity index (χ1n) is 9.81. The Morgan fingerprint density at radius 1 is 1.15 bits per heavy atom. The van der Waals surface area contributed by atoms with Gasteiger partial charge in [0.15, 0.2) is 5.96 Å². The highest BCUT2D eigenvalue weighted by Gasteiger charge is 2.13. The fourth-order valence-electron chi connectivity index (χ4n) is 3.07. The summed E-state index contributed by atoms with van der Waals surface area (Å²) in [4.78, 5) is 4.39. The Kier molecular flexibility index (Phi) is 12.2. The average Bonchev–Trinajstić information content (AvgIpc) is 2.65. The number of guanidine groups is 1. The van der Waals surface area contributed by atoms with Crippen molar-refractivity contribution < 1.29 is 14.2 Å². The van der Waals surface area contributed by atoms with Crippen LogP contribution in [0.2, 0.25) is 0 Å². The Labute approximate surface area is 180 Å². The second-order valence-electron chi connectivity index (χ2n) is 6.40. The number of ether oxygens (including phenoxy) is 3. The van der Waals surface area contributed by atoms with Crippen molar-refractivity contribution in [1.29, 1.82) is 0 Å². The lowest BCUT2D eigenvalue weighted by atomic mass is 9.98. The van der Waals surface area contributed by atoms with Crippen molar-refractivity contribution in [2.24, 2.45) is 10.7 Å². The summed E-state index contributed by atoms with van der Waals surface area (Å²) in [6.07, 6.45) is 7.65. The van der Waals surface area contributed by atoms with Gasteiger partial charge < -0.3 is 25.3 Å². The summed E-state index contributed by atoms with van der Waals surface area (Å²) in [6, 6.07) is 5.64. The molecule has 0 heterocycles. The molecular formula is C20H34IN3O3. The number of halogens is 1. The molecule has 0 atom stereocenters. The van der Waals surface area contributed by atoms with Crippen LogP contribution in [0.5, 0.6) is 11.5 Å². The van der Waals surface area contributed by atoms with Gasteiger partial charge >= 0.3 is 0 Å². The summed E-state index contributed by atoms with van der Waals surface area (Å²) in [6.45, 7) is 6.47. The standard InChI is InChI=1S/C20H33N3O3.HI/c1-3-24-17-11-12-19(25-4-2)18(15-17)23-20(21)22-13-8-14-26-16-9-6-5-7-10-16;/h11-12,15-16H,3-10,13-14H2,1-2H3,(H3,21,22,23);1H. The van der Waals surface area contributed by atoms with Crippen LogP contribution in [0.3, 0.4) is 0 Å². The molecule has 27 heavy (non-hydrogen) atoms. The molecule has 1 aromatic carbocycles. The van der Waals surface area contributed by atoms with Crippen LogP contribution in [-0.4, -0.2) is 38.4 Å². The lowest BCUT2D eigenvalue weighted by molar-refractivity contribution is 0.0281. The molecule has 0 aliphatic heterocycles. The zero-order valence-corrected chi connectivity index (χ0v) is 18.9. The van der Waals surface area contributed by atoms with Crippen molar-refractivity contribution in [2.45, 2.75) is 58.5 Å². The van der Waals surface area contributed by atoms with Crippen LogP contribution in [0.1, 0.15) is 52.4 Å². The second kappa shape index (κ2) is 13.9. The van der Waals surface area contributed by atoms with E-state index >= 15 is 0 Å². The highest BCUT2D eigenvalue weighted by molar-refractivity contribution is 14.0. The highest BCUT2D eigenvalue weighted by atomic mass is 127. The topological polar surface area (TPSA) is 78.1 Å². The first-order chi connectivity index (χ1) is 12.7. The van der Waals surface area contributed by atoms with Crippen LogP contribution in [0, 0.1) is 0 Å². The van der Waals surface area contributed by atoms with Crippen LogP contribution in [0.4, 0.5) is 5.69 Å². The van der Waals surface area contributed by atoms with Crippen LogP contribution < -0.4 is 20.5 Å². The van der Waals surface area contributed by atoms with E-state index in [2.05, 4.69) is 10.3 Å². The van der Waals surface area contributed by atoms with Crippen LogP contribution in [-0.2, 0) is 4.74 Å². The molecule has 0 aromatic heterocycles. The van der Waals surface area contributed by atoms with Gasteiger partial charge in [0, 0.05) is 19.2 Å². The zero-order chi connectivity index (χ0) is 18.6. The quantitative estimate of drug-likeness (QED) is 0.217. The fraction of sp³-hybridized carbons (Fsp3) is 0.650. The molecular weight excluding hydrogens is 457 g/mol. The molecule has 0 radical (unpaired) electrons. The number of nitrogens with two attached hydrogens (primary N) is 1. The summed E-state index contributed by atoms with van der Waals surface area (Å²) in [5.74, 6) is 1.87. The van der Waals surface area contributed by atoms with Gasteiger partial charge in [0.05, 0.1) is 25.0 Å². The van der Waals surface area contributed by atoms with E-state index in [4.69, 9.17) is 19.9 Å². The van der Waals surface area contributed by atoms with E-state index in [0.717, 1.165) is 30.2 Å². The molecule has 1 aliphatic carbocycles. The maximum Gasteiger partial charge on any atom is 0.193 e. The predicted molar refractivity (Wildman–Crippen MR) is 122 cm³/mol. The number of benzene rings is 1. The number of hydrogen-bond acceptors (Lipinski definition) is 4. The molecule has 0 saturated heterocycles. The first-order valence-corrected chi connectivity index (χ1v) is 9.81. The van der Waals surface area contributed by atoms with Crippen LogP contribution in [0.15, 0.2) is 23.2 Å². The monoisotopic (exact) mass is 491 g/mol. The molecule has 3 N–H and O–H groups in total. The molecule has 1 aromatic rings. The number of nitrogens with zero attached hydrogens (tertiary/aromatic N) is 1. The lowest BCUT2D eigenvalue weighted by Gasteiger charge is -2.21. The Morgan fingerprint density at radius 3 is 2.59 bits per heavy atom. The van der Waals surface area contributed by atoms with Gasteiger partial charge in [-0.3, -0.25) is 4.99 Å². The van der Waals surface area contributed by atoms with Gasteiger partial charge in [-0.15, -0.1) is 24.0 Å². The van der Waals surface area contributed by atoms with E-state index < -0.39 is 0 Å². The maximum absolute atomic E-state index is 6.02. The first kappa shape index (κ1) is 23.8. The second-order valence-corrected chi connectivity index (χ2v) is 6.40. The minimum absolute atomic E-state index is 0. The summed E-state index contributed by atoms with van der Waals surface area (Å²) in [5.41, 5.74) is 6.78. The van der Waals surface area contributed by atoms with Gasteiger partial charge in [-0.2, -0.15) is 0 Å². The summed E-state index contributed by atoms with van der Waals surface area (Å²) < 4.78 is 17.1. The number of hydrogen-bond donors (Lipinski definition) is 2. The molecule has 0 bridgehead atoms. The normalized spacial score (nSPS) is 15.1. The zero-order valence-electron chi connectivity index (χ0n) is 16.5. The van der Waals surface area contributed by atoms with E-state index in [0.29, 0.717) is 31.8 Å². The molecule has 7 heteroatoms. The Bertz CT molecular complexity index is 563. The third-order valence-corrected chi connectivity index (χ3v) is 4.31. The highest BCUT2D eigenvalue weighted by Crippen LogP contribution is 2.29. The van der Waals surface area contributed by atoms with Crippen molar-refractivity contribution in [2.75, 3.05) is 31.7 Å². The molecule has 6 nitrogen and oxygen atoms in total. The van der Waals surface area contributed by atoms with Crippen LogP contribution in [0.25, 0.3) is 0 Å². The minimum Gasteiger partial charge on any atom is -0.494 e. The van der Waals surface area contributed by atoms with Gasteiger partial charge in [-0.1, -0.05) is 19.3 Å². The van der Waals surface area contributed by atoms with E-state index in [9.17, 15) is 0 Å². The number of rotatable bonds is 10. The predicted octanol–water partition coefficient (Wildman–Crippen LogP) is 4.57. The molecule has 1 aliphatic rings. The van der Waals surface area contributed by atoms with Gasteiger partial charge in [0.25, 0.3) is 0 Å². The molecule has 0 unspecified atom stereocenters. The Hall–Kier alpha value is -1.22. The van der Waals surface area contributed by atoms with E-state index in [1.165, 1.54) is 32.1 Å². The van der Waals surface area contributed by atoms with Gasteiger partial charge in [-0.25, -0.2) is 0 Å². The summed E-state index contributed by atoms with van der Waals surface area (Å²) >= 11 is 0. The van der Waals surface area contributed by atoms with Gasteiger partial charge in [0.1, 0.15) is 11.5 Å². The SMILES string of the molecule is CCOc1ccc(OCC)c(NC(N)=NCCCOC2CCCCC2)c1.I. The molecule has 154 valence electrons. The molecule has 2 rings (SSSR count). The third kappa shape index (κ3) is 9.01. The van der Waals surface area contributed by atoms with Crippen molar-refractivity contribution in [3.05, 3.63) is 18.2 Å². The van der Waals surface area contributed by atoms with Crippen molar-refractivity contribution >= 4 is 35.6 Å². The van der Waals surface area contributed by atoms with E-state index in [1.54, 1.807) is 0 Å². The molecule has 0 spiro atoms. The Balaban J connectivity index is 0.00000364. The molecule has 1 saturated carbocycles. The smallest absolute Gasteiger partial charge is 0.193 e. The molecule has 0 amide bonds. The van der Waals surface area contributed by atoms with Crippen molar-refractivity contribution in [3.63, 3.8) is 0 Å². The van der Waals surface area contributed by atoms with Crippen LogP contribution >= 0.6 is 24.0 Å². The summed E-state index contributed by atoms with van der Waals surface area (Å²) in [5, 5.41) is 3.12. The minimum atomic E-state index is 0. The average molecular weight is 491 g/mol. The lowest BCUT2D eigenvalue weighted by Crippen LogP contribution is -2.23.